The van der Waals surface area contributed by atoms with Crippen molar-refractivity contribution in [1.82, 2.24) is 0 Å². The van der Waals surface area contributed by atoms with Crippen LogP contribution in [0.3, 0.4) is 0 Å². The number of rotatable bonds is 1. The Balaban J connectivity index is 0.000000544. The van der Waals surface area contributed by atoms with Crippen LogP contribution >= 0.6 is 0 Å². The summed E-state index contributed by atoms with van der Waals surface area (Å²) in [6.07, 6.45) is 4.09. The fourth-order valence-corrected chi connectivity index (χ4v) is 4.07. The third-order valence-corrected chi connectivity index (χ3v) is 5.70. The van der Waals surface area contributed by atoms with Crippen molar-refractivity contribution in [3.05, 3.63) is 22.7 Å². The van der Waals surface area contributed by atoms with Crippen molar-refractivity contribution in [2.75, 3.05) is 0 Å². The van der Waals surface area contributed by atoms with Crippen LogP contribution in [0.15, 0.2) is 22.7 Å². The highest BCUT2D eigenvalue weighted by Crippen LogP contribution is 2.46. The van der Waals surface area contributed by atoms with Gasteiger partial charge in [-0.3, -0.25) is 0 Å². The molecule has 2 aliphatic heterocycles. The molecule has 178 valence electrons. The SMILES string of the molecule is C.CC1CC(C(C)(C)C)=C(C(C)(C)C)O1.CCC1CC(C(C)(C)C)=C(C(C)(C)C)O1. The van der Waals surface area contributed by atoms with Crippen LogP contribution < -0.4 is 0 Å². The molecular weight excluding hydrogens is 368 g/mol. The van der Waals surface area contributed by atoms with Crippen molar-refractivity contribution in [3.63, 3.8) is 0 Å². The van der Waals surface area contributed by atoms with Crippen molar-refractivity contribution in [2.24, 2.45) is 21.7 Å². The summed E-state index contributed by atoms with van der Waals surface area (Å²) >= 11 is 0. The second kappa shape index (κ2) is 9.70. The van der Waals surface area contributed by atoms with E-state index in [2.05, 4.69) is 96.9 Å². The summed E-state index contributed by atoms with van der Waals surface area (Å²) in [4.78, 5) is 0. The quantitative estimate of drug-likeness (QED) is 0.419. The fraction of sp³-hybridized carbons (Fsp3) is 0.857. The van der Waals surface area contributed by atoms with E-state index in [0.29, 0.717) is 12.2 Å². The summed E-state index contributed by atoms with van der Waals surface area (Å²) in [6, 6.07) is 0. The van der Waals surface area contributed by atoms with Gasteiger partial charge in [-0.15, -0.1) is 0 Å². The van der Waals surface area contributed by atoms with E-state index < -0.39 is 0 Å². The molecule has 2 unspecified atom stereocenters. The molecule has 2 heteroatoms. The Morgan fingerprint density at radius 1 is 0.633 bits per heavy atom. The van der Waals surface area contributed by atoms with Gasteiger partial charge in [0.25, 0.3) is 0 Å². The Kier molecular flexibility index (Phi) is 9.40. The lowest BCUT2D eigenvalue weighted by Crippen LogP contribution is -2.17. The highest BCUT2D eigenvalue weighted by molar-refractivity contribution is 5.25. The van der Waals surface area contributed by atoms with E-state index in [1.165, 1.54) is 22.7 Å². The molecule has 2 heterocycles. The van der Waals surface area contributed by atoms with Gasteiger partial charge in [0, 0.05) is 23.7 Å². The van der Waals surface area contributed by atoms with E-state index in [1.807, 2.05) is 0 Å². The monoisotopic (exact) mass is 422 g/mol. The van der Waals surface area contributed by atoms with Crippen LogP contribution in [-0.4, -0.2) is 12.2 Å². The molecule has 2 nitrogen and oxygen atoms in total. The van der Waals surface area contributed by atoms with Gasteiger partial charge in [-0.1, -0.05) is 97.4 Å². The van der Waals surface area contributed by atoms with Crippen LogP contribution in [0.5, 0.6) is 0 Å². The van der Waals surface area contributed by atoms with Gasteiger partial charge in [-0.25, -0.2) is 0 Å². The molecular formula is C28H54O2. The van der Waals surface area contributed by atoms with Crippen molar-refractivity contribution in [1.29, 1.82) is 0 Å². The van der Waals surface area contributed by atoms with Crippen LogP contribution in [0.4, 0.5) is 0 Å². The molecule has 0 aliphatic carbocycles. The van der Waals surface area contributed by atoms with Gasteiger partial charge in [0.2, 0.25) is 0 Å². The molecule has 0 aromatic rings. The Morgan fingerprint density at radius 3 is 1.27 bits per heavy atom. The Labute approximate surface area is 189 Å². The summed E-state index contributed by atoms with van der Waals surface area (Å²) in [6.45, 7) is 31.5. The average molecular weight is 423 g/mol. The number of hydrogen-bond donors (Lipinski definition) is 0. The highest BCUT2D eigenvalue weighted by atomic mass is 16.5. The molecule has 0 radical (unpaired) electrons. The van der Waals surface area contributed by atoms with Gasteiger partial charge < -0.3 is 9.47 Å². The zero-order valence-electron chi connectivity index (χ0n) is 22.1. The molecule has 2 atom stereocenters. The smallest absolute Gasteiger partial charge is 0.102 e. The van der Waals surface area contributed by atoms with Crippen LogP contribution in [0.1, 0.15) is 124 Å². The Bertz CT molecular complexity index is 570. The van der Waals surface area contributed by atoms with Gasteiger partial charge >= 0.3 is 0 Å². The third-order valence-electron chi connectivity index (χ3n) is 5.70. The van der Waals surface area contributed by atoms with E-state index in [1.54, 1.807) is 0 Å². The molecule has 0 N–H and O–H groups in total. The van der Waals surface area contributed by atoms with E-state index >= 15 is 0 Å². The first-order valence-corrected chi connectivity index (χ1v) is 11.6. The Hall–Kier alpha value is -0.920. The zero-order valence-corrected chi connectivity index (χ0v) is 22.1. The van der Waals surface area contributed by atoms with Crippen molar-refractivity contribution in [3.8, 4) is 0 Å². The first kappa shape index (κ1) is 29.1. The van der Waals surface area contributed by atoms with Crippen LogP contribution in [0, 0.1) is 21.7 Å². The predicted octanol–water partition coefficient (Wildman–Crippen LogP) is 9.31. The van der Waals surface area contributed by atoms with Gasteiger partial charge in [-0.2, -0.15) is 0 Å². The standard InChI is InChI=1S/C14H26O.C13H24O.CH4/c1-8-10-9-11(13(2,3)4)12(15-10)14(5,6)7;1-9-8-10(12(2,3)4)11(14-9)13(5,6)7;/h10H,8-9H2,1-7H3;9H,8H2,1-7H3;1H4. The third kappa shape index (κ3) is 7.65. The van der Waals surface area contributed by atoms with Crippen molar-refractivity contribution in [2.45, 2.75) is 136 Å². The minimum absolute atomic E-state index is 0. The summed E-state index contributed by atoms with van der Waals surface area (Å²) < 4.78 is 12.0. The summed E-state index contributed by atoms with van der Waals surface area (Å²) in [5.74, 6) is 2.46. The maximum Gasteiger partial charge on any atom is 0.102 e. The van der Waals surface area contributed by atoms with E-state index in [4.69, 9.17) is 9.47 Å². The average Bonchev–Trinajstić information content (AvgIpc) is 3.09. The molecule has 30 heavy (non-hydrogen) atoms. The van der Waals surface area contributed by atoms with E-state index in [-0.39, 0.29) is 29.1 Å². The molecule has 0 aromatic carbocycles. The normalized spacial score (nSPS) is 22.9. The molecule has 0 saturated heterocycles. The topological polar surface area (TPSA) is 18.5 Å². The van der Waals surface area contributed by atoms with E-state index in [0.717, 1.165) is 19.3 Å². The lowest BCUT2D eigenvalue weighted by molar-refractivity contribution is 0.1000. The minimum atomic E-state index is 0. The molecule has 2 aliphatic rings. The Morgan fingerprint density at radius 2 is 1.00 bits per heavy atom. The molecule has 0 amide bonds. The van der Waals surface area contributed by atoms with Crippen molar-refractivity contribution < 1.29 is 9.47 Å². The largest absolute Gasteiger partial charge is 0.494 e. The second-order valence-corrected chi connectivity index (χ2v) is 13.1. The molecule has 0 spiro atoms. The molecule has 0 bridgehead atoms. The van der Waals surface area contributed by atoms with Gasteiger partial charge in [-0.05, 0) is 35.3 Å². The van der Waals surface area contributed by atoms with Crippen molar-refractivity contribution >= 4 is 0 Å². The highest BCUT2D eigenvalue weighted by Gasteiger charge is 2.37. The molecule has 0 saturated carbocycles. The first-order valence-electron chi connectivity index (χ1n) is 11.6. The fourth-order valence-electron chi connectivity index (χ4n) is 4.07. The molecule has 0 fully saturated rings. The summed E-state index contributed by atoms with van der Waals surface area (Å²) in [5.41, 5.74) is 3.79. The summed E-state index contributed by atoms with van der Waals surface area (Å²) in [7, 11) is 0. The number of hydrogen-bond acceptors (Lipinski definition) is 2. The predicted molar refractivity (Wildman–Crippen MR) is 134 cm³/mol. The summed E-state index contributed by atoms with van der Waals surface area (Å²) in [5, 5.41) is 0. The van der Waals surface area contributed by atoms with E-state index in [9.17, 15) is 0 Å². The van der Waals surface area contributed by atoms with Gasteiger partial charge in [0.05, 0.1) is 6.10 Å². The molecule has 2 rings (SSSR count). The second-order valence-electron chi connectivity index (χ2n) is 13.1. The maximum atomic E-state index is 6.09. The van der Waals surface area contributed by atoms with Gasteiger partial charge in [0.15, 0.2) is 0 Å². The first-order chi connectivity index (χ1) is 12.8. The van der Waals surface area contributed by atoms with Gasteiger partial charge in [0.1, 0.15) is 17.6 Å². The lowest BCUT2D eigenvalue weighted by atomic mass is 9.79. The van der Waals surface area contributed by atoms with Crippen LogP contribution in [-0.2, 0) is 9.47 Å². The minimum Gasteiger partial charge on any atom is -0.494 e. The lowest BCUT2D eigenvalue weighted by Gasteiger charge is -2.27. The number of ether oxygens (including phenoxy) is 2. The van der Waals surface area contributed by atoms with Crippen LogP contribution in [0.25, 0.3) is 0 Å². The van der Waals surface area contributed by atoms with Crippen LogP contribution in [0.2, 0.25) is 0 Å². The zero-order chi connectivity index (χ0) is 23.0. The number of allylic oxidation sites excluding steroid dienone is 2. The maximum absolute atomic E-state index is 6.09. The molecule has 0 aromatic heterocycles.